The molecule has 0 aliphatic heterocycles. The number of hydrogen-bond acceptors (Lipinski definition) is 7. The van der Waals surface area contributed by atoms with Gasteiger partial charge in [0, 0.05) is 76.1 Å². The summed E-state index contributed by atoms with van der Waals surface area (Å²) in [5.74, 6) is 1.85. The number of anilines is 3. The Morgan fingerprint density at radius 1 is 0.533 bits per heavy atom. The van der Waals surface area contributed by atoms with Crippen LogP contribution < -0.4 is 26.7 Å². The molecular formula is C38H47N3O4. The number of rotatable bonds is 6. The van der Waals surface area contributed by atoms with E-state index in [1.807, 2.05) is 36.4 Å². The number of ether oxygens (including phenoxy) is 2. The number of nitrogens with two attached hydrogens (primary N) is 3. The topological polar surface area (TPSA) is 137 Å². The Hall–Kier alpha value is -4.52. The summed E-state index contributed by atoms with van der Waals surface area (Å²) < 4.78 is 12.8. The van der Waals surface area contributed by atoms with E-state index < -0.39 is 0 Å². The molecule has 0 saturated carbocycles. The maximum absolute atomic E-state index is 11.7. The van der Waals surface area contributed by atoms with Gasteiger partial charge in [0.2, 0.25) is 0 Å². The van der Waals surface area contributed by atoms with Gasteiger partial charge in [-0.05, 0) is 71.3 Å². The quantitative estimate of drug-likeness (QED) is 0.0999. The molecule has 0 fully saturated rings. The minimum atomic E-state index is -0.156. The van der Waals surface area contributed by atoms with Crippen molar-refractivity contribution in [2.75, 3.05) is 30.4 Å². The maximum atomic E-state index is 11.7. The van der Waals surface area contributed by atoms with Crippen LogP contribution in [-0.2, 0) is 31.1 Å². The van der Waals surface area contributed by atoms with E-state index in [0.29, 0.717) is 84.0 Å². The SMILES string of the molecule is CCCOc1c2cc(N)cc1Cc1cc(N)cc(c1O)Cc1cc(C(C)(C)C)cc(c1OCCC)Cc1cc(N)cc(c1O)C2. The first kappa shape index (κ1) is 31.9. The molecule has 7 heteroatoms. The lowest BCUT2D eigenvalue weighted by Gasteiger charge is -2.25. The highest BCUT2D eigenvalue weighted by molar-refractivity contribution is 5.63. The third-order valence-electron chi connectivity index (χ3n) is 8.38. The molecule has 0 unspecified atom stereocenters. The zero-order chi connectivity index (χ0) is 32.5. The Morgan fingerprint density at radius 2 is 0.822 bits per heavy atom. The van der Waals surface area contributed by atoms with Crippen molar-refractivity contribution in [3.05, 3.63) is 98.6 Å². The molecule has 238 valence electrons. The van der Waals surface area contributed by atoms with E-state index in [2.05, 4.69) is 46.8 Å². The molecular weight excluding hydrogens is 562 g/mol. The van der Waals surface area contributed by atoms with Gasteiger partial charge in [-0.15, -0.1) is 0 Å². The summed E-state index contributed by atoms with van der Waals surface area (Å²) in [5.41, 5.74) is 28.5. The molecule has 0 amide bonds. The van der Waals surface area contributed by atoms with Crippen molar-refractivity contribution in [3.63, 3.8) is 0 Å². The third-order valence-corrected chi connectivity index (χ3v) is 8.38. The van der Waals surface area contributed by atoms with Crippen LogP contribution in [0.15, 0.2) is 48.5 Å². The summed E-state index contributed by atoms with van der Waals surface area (Å²) >= 11 is 0. The van der Waals surface area contributed by atoms with Crippen LogP contribution in [0.2, 0.25) is 0 Å². The summed E-state index contributed by atoms with van der Waals surface area (Å²) in [7, 11) is 0. The fraction of sp³-hybridized carbons (Fsp3) is 0.368. The number of phenolic OH excluding ortho intramolecular Hbond substituents is 2. The monoisotopic (exact) mass is 609 g/mol. The van der Waals surface area contributed by atoms with Crippen molar-refractivity contribution < 1.29 is 19.7 Å². The van der Waals surface area contributed by atoms with Crippen LogP contribution >= 0.6 is 0 Å². The molecule has 0 heterocycles. The summed E-state index contributed by atoms with van der Waals surface area (Å²) in [6.45, 7) is 11.7. The zero-order valence-electron chi connectivity index (χ0n) is 27.2. The zero-order valence-corrected chi connectivity index (χ0v) is 27.2. The fourth-order valence-corrected chi connectivity index (χ4v) is 6.21. The van der Waals surface area contributed by atoms with Crippen molar-refractivity contribution in [1.82, 2.24) is 0 Å². The van der Waals surface area contributed by atoms with Gasteiger partial charge in [0.1, 0.15) is 23.0 Å². The van der Waals surface area contributed by atoms with Crippen LogP contribution in [0.4, 0.5) is 17.1 Å². The second-order valence-corrected chi connectivity index (χ2v) is 13.3. The summed E-state index contributed by atoms with van der Waals surface area (Å²) in [6, 6.07) is 15.4. The first-order valence-corrected chi connectivity index (χ1v) is 15.9. The van der Waals surface area contributed by atoms with Crippen LogP contribution in [0.1, 0.15) is 97.5 Å². The largest absolute Gasteiger partial charge is 0.507 e. The molecule has 1 aliphatic rings. The van der Waals surface area contributed by atoms with Gasteiger partial charge < -0.3 is 36.9 Å². The van der Waals surface area contributed by atoms with E-state index in [1.54, 1.807) is 0 Å². The summed E-state index contributed by atoms with van der Waals surface area (Å²) in [6.07, 6.45) is 3.21. The average Bonchev–Trinajstić information content (AvgIpc) is 2.96. The normalized spacial score (nSPS) is 13.0. The number of aromatic hydroxyl groups is 2. The van der Waals surface area contributed by atoms with Crippen molar-refractivity contribution >= 4 is 17.1 Å². The van der Waals surface area contributed by atoms with Gasteiger partial charge in [0.05, 0.1) is 13.2 Å². The summed E-state index contributed by atoms with van der Waals surface area (Å²) in [5, 5.41) is 23.5. The Bertz CT molecular complexity index is 1620. The lowest BCUT2D eigenvalue weighted by atomic mass is 9.82. The third kappa shape index (κ3) is 6.93. The highest BCUT2D eigenvalue weighted by Crippen LogP contribution is 2.41. The Kier molecular flexibility index (Phi) is 9.10. The lowest BCUT2D eigenvalue weighted by molar-refractivity contribution is 0.311. The van der Waals surface area contributed by atoms with E-state index in [0.717, 1.165) is 46.4 Å². The van der Waals surface area contributed by atoms with Crippen LogP contribution in [0, 0.1) is 0 Å². The molecule has 0 atom stereocenters. The van der Waals surface area contributed by atoms with E-state index in [4.69, 9.17) is 26.7 Å². The Morgan fingerprint density at radius 3 is 1.11 bits per heavy atom. The van der Waals surface area contributed by atoms with E-state index in [-0.39, 0.29) is 16.9 Å². The molecule has 45 heavy (non-hydrogen) atoms. The second kappa shape index (κ2) is 12.8. The second-order valence-electron chi connectivity index (χ2n) is 13.3. The molecule has 8 N–H and O–H groups in total. The molecule has 1 aliphatic carbocycles. The minimum absolute atomic E-state index is 0.156. The highest BCUT2D eigenvalue weighted by atomic mass is 16.5. The Balaban J connectivity index is 1.83. The lowest BCUT2D eigenvalue weighted by Crippen LogP contribution is -2.14. The number of phenols is 2. The van der Waals surface area contributed by atoms with Gasteiger partial charge >= 0.3 is 0 Å². The first-order chi connectivity index (χ1) is 21.4. The highest BCUT2D eigenvalue weighted by Gasteiger charge is 2.24. The molecule has 0 radical (unpaired) electrons. The van der Waals surface area contributed by atoms with Crippen LogP contribution in [0.3, 0.4) is 0 Å². The predicted octanol–water partition coefficient (Wildman–Crippen LogP) is 7.40. The molecule has 0 aromatic heterocycles. The van der Waals surface area contributed by atoms with Crippen LogP contribution in [0.25, 0.3) is 0 Å². The molecule has 4 aromatic rings. The number of fused-ring (bicyclic) bond motifs is 8. The van der Waals surface area contributed by atoms with Crippen molar-refractivity contribution in [3.8, 4) is 23.0 Å². The van der Waals surface area contributed by atoms with Crippen LogP contribution in [0.5, 0.6) is 23.0 Å². The first-order valence-electron chi connectivity index (χ1n) is 15.9. The number of nitrogen functional groups attached to an aromatic ring is 3. The van der Waals surface area contributed by atoms with Gasteiger partial charge in [0.15, 0.2) is 0 Å². The molecule has 0 saturated heterocycles. The van der Waals surface area contributed by atoms with Crippen LogP contribution in [-0.4, -0.2) is 23.4 Å². The molecule has 8 bridgehead atoms. The van der Waals surface area contributed by atoms with Gasteiger partial charge in [-0.1, -0.05) is 46.8 Å². The standard InChI is InChI=1S/C38H47N3O4/c1-6-8-44-36-26-10-22-16-31(39)18-24(34(22)42)12-28-20-33(41)21-29(37(28)45-9-7-2)13-25-19-32(40)17-23(35(25)43)11-27(36)15-30(14-26)38(3,4)5/h14-21,42-43H,6-13,39-41H2,1-5H3. The maximum Gasteiger partial charge on any atom is 0.126 e. The smallest absolute Gasteiger partial charge is 0.126 e. The predicted molar refractivity (Wildman–Crippen MR) is 184 cm³/mol. The van der Waals surface area contributed by atoms with Gasteiger partial charge in [0.25, 0.3) is 0 Å². The molecule has 7 nitrogen and oxygen atoms in total. The van der Waals surface area contributed by atoms with E-state index in [9.17, 15) is 10.2 Å². The van der Waals surface area contributed by atoms with Gasteiger partial charge in [-0.25, -0.2) is 0 Å². The Labute approximate surface area is 267 Å². The molecule has 5 rings (SSSR count). The number of benzene rings is 4. The minimum Gasteiger partial charge on any atom is -0.507 e. The number of hydrogen-bond donors (Lipinski definition) is 5. The fourth-order valence-electron chi connectivity index (χ4n) is 6.21. The van der Waals surface area contributed by atoms with E-state index >= 15 is 0 Å². The van der Waals surface area contributed by atoms with E-state index in [1.165, 1.54) is 0 Å². The summed E-state index contributed by atoms with van der Waals surface area (Å²) in [4.78, 5) is 0. The van der Waals surface area contributed by atoms with Crippen molar-refractivity contribution in [1.29, 1.82) is 0 Å². The molecule has 4 aromatic carbocycles. The molecule has 0 spiro atoms. The van der Waals surface area contributed by atoms with Gasteiger partial charge in [-0.2, -0.15) is 0 Å². The van der Waals surface area contributed by atoms with Gasteiger partial charge in [-0.3, -0.25) is 0 Å². The van der Waals surface area contributed by atoms with Crippen molar-refractivity contribution in [2.45, 2.75) is 78.6 Å². The average molecular weight is 610 g/mol. The van der Waals surface area contributed by atoms with Crippen molar-refractivity contribution in [2.24, 2.45) is 0 Å².